The highest BCUT2D eigenvalue weighted by molar-refractivity contribution is 5.85. The number of aromatic nitrogens is 6. The highest BCUT2D eigenvalue weighted by Crippen LogP contribution is 2.34. The number of aliphatic hydroxyl groups is 2. The van der Waals surface area contributed by atoms with Gasteiger partial charge in [-0.25, -0.2) is 9.97 Å². The maximum atomic E-state index is 12.5. The number of nitrogens with zero attached hydrogens (tertiary/aromatic N) is 5. The lowest BCUT2D eigenvalue weighted by Gasteiger charge is -2.20. The molecule has 0 aliphatic carbocycles. The maximum Gasteiger partial charge on any atom is 0.252 e. The first kappa shape index (κ1) is 30.2. The highest BCUT2D eigenvalue weighted by atomic mass is 16.6. The summed E-state index contributed by atoms with van der Waals surface area (Å²) in [5.41, 5.74) is 4.18. The molecule has 6 N–H and O–H groups in total. The van der Waals surface area contributed by atoms with Gasteiger partial charge in [-0.2, -0.15) is 9.97 Å². The molecule has 1 aliphatic heterocycles. The zero-order chi connectivity index (χ0) is 31.2. The summed E-state index contributed by atoms with van der Waals surface area (Å²) in [7, 11) is 0. The number of carbonyl (C=O) groups is 1. The summed E-state index contributed by atoms with van der Waals surface area (Å²) in [6, 6.07) is 20.5. The molecule has 0 unspecified atom stereocenters. The maximum absolute atomic E-state index is 12.5. The standard InChI is InChI=1S/C32H37N9O4/c1-2-34-30(44)27-25(42)26(43)31(45-27)41-19-38-24-28(39-32(40-29(24)41)35-15-9-14-22-16-33-18-37-22)36-17-23(20-10-5-3-6-11-20)21-12-7-4-8-13-21/h3-8,10-13,16,18-19,23,25-27,31,42-43H,2,9,14-15,17H2,1H3,(H,33,37)(H,34,44)(H2,35,36,39,40)/t25-,26+,27-,31+/m0/s1. The second kappa shape index (κ2) is 13.8. The molecule has 0 bridgehead atoms. The van der Waals surface area contributed by atoms with Crippen LogP contribution in [0.1, 0.15) is 42.3 Å². The number of hydrogen-bond donors (Lipinski definition) is 6. The second-order valence-corrected chi connectivity index (χ2v) is 10.9. The van der Waals surface area contributed by atoms with Crippen LogP contribution in [0.25, 0.3) is 11.2 Å². The molecule has 1 saturated heterocycles. The Bertz CT molecular complexity index is 1640. The number of aromatic amines is 1. The molecule has 6 rings (SSSR count). The summed E-state index contributed by atoms with van der Waals surface area (Å²) in [5, 5.41) is 31.0. The SMILES string of the molecule is CCNC(=O)[C@H]1O[C@@H](n2cnc3c(NCC(c4ccccc4)c4ccccc4)nc(NCCCc4cnc[nH]4)nc32)[C@H](O)[C@@H]1O. The van der Waals surface area contributed by atoms with Gasteiger partial charge in [-0.15, -0.1) is 0 Å². The third-order valence-electron chi connectivity index (χ3n) is 7.88. The Hall–Kier alpha value is -4.85. The normalized spacial score (nSPS) is 19.6. The number of aryl methyl sites for hydroxylation is 1. The van der Waals surface area contributed by atoms with E-state index in [1.54, 1.807) is 19.4 Å². The summed E-state index contributed by atoms with van der Waals surface area (Å²) in [6.07, 6.45) is 1.42. The zero-order valence-electron chi connectivity index (χ0n) is 24.9. The van der Waals surface area contributed by atoms with E-state index in [-0.39, 0.29) is 5.92 Å². The molecule has 234 valence electrons. The van der Waals surface area contributed by atoms with Gasteiger partial charge < -0.3 is 35.9 Å². The van der Waals surface area contributed by atoms with Crippen LogP contribution >= 0.6 is 0 Å². The number of aliphatic hydroxyl groups excluding tert-OH is 2. The van der Waals surface area contributed by atoms with Crippen LogP contribution in [0.2, 0.25) is 0 Å². The van der Waals surface area contributed by atoms with Crippen molar-refractivity contribution in [2.24, 2.45) is 0 Å². The fourth-order valence-corrected chi connectivity index (χ4v) is 5.58. The van der Waals surface area contributed by atoms with Crippen LogP contribution in [0, 0.1) is 0 Å². The largest absolute Gasteiger partial charge is 0.387 e. The van der Waals surface area contributed by atoms with E-state index >= 15 is 0 Å². The summed E-state index contributed by atoms with van der Waals surface area (Å²) < 4.78 is 7.43. The van der Waals surface area contributed by atoms with E-state index < -0.39 is 30.4 Å². The first-order valence-electron chi connectivity index (χ1n) is 15.1. The number of ether oxygens (including phenoxy) is 1. The van der Waals surface area contributed by atoms with Crippen LogP contribution in [0.15, 0.2) is 79.5 Å². The van der Waals surface area contributed by atoms with Crippen LogP contribution in [0.5, 0.6) is 0 Å². The molecular weight excluding hydrogens is 574 g/mol. The Balaban J connectivity index is 1.30. The van der Waals surface area contributed by atoms with E-state index in [1.165, 1.54) is 10.9 Å². The van der Waals surface area contributed by atoms with Crippen molar-refractivity contribution in [2.45, 2.75) is 50.2 Å². The number of benzene rings is 2. The summed E-state index contributed by atoms with van der Waals surface area (Å²) >= 11 is 0. The van der Waals surface area contributed by atoms with Crippen molar-refractivity contribution in [3.8, 4) is 0 Å². The second-order valence-electron chi connectivity index (χ2n) is 10.9. The topological polar surface area (TPSA) is 175 Å². The Morgan fingerprint density at radius 3 is 2.42 bits per heavy atom. The van der Waals surface area contributed by atoms with Crippen molar-refractivity contribution < 1.29 is 19.7 Å². The van der Waals surface area contributed by atoms with Gasteiger partial charge in [0.25, 0.3) is 5.91 Å². The molecule has 3 aromatic heterocycles. The van der Waals surface area contributed by atoms with Crippen molar-refractivity contribution >= 4 is 28.8 Å². The number of hydrogen-bond acceptors (Lipinski definition) is 10. The van der Waals surface area contributed by atoms with Crippen molar-refractivity contribution in [1.29, 1.82) is 0 Å². The Kier molecular flexibility index (Phi) is 9.29. The summed E-state index contributed by atoms with van der Waals surface area (Å²) in [4.78, 5) is 33.8. The fourth-order valence-electron chi connectivity index (χ4n) is 5.58. The van der Waals surface area contributed by atoms with Crippen LogP contribution in [0.4, 0.5) is 11.8 Å². The van der Waals surface area contributed by atoms with E-state index in [0.717, 1.165) is 29.7 Å². The quantitative estimate of drug-likeness (QED) is 0.109. The third kappa shape index (κ3) is 6.65. The smallest absolute Gasteiger partial charge is 0.252 e. The summed E-state index contributed by atoms with van der Waals surface area (Å²) in [5.74, 6) is 0.388. The molecule has 0 radical (unpaired) electrons. The van der Waals surface area contributed by atoms with Crippen molar-refractivity contribution in [2.75, 3.05) is 30.3 Å². The fraction of sp³-hybridized carbons (Fsp3) is 0.344. The van der Waals surface area contributed by atoms with Gasteiger partial charge in [0.05, 0.1) is 12.7 Å². The average molecular weight is 612 g/mol. The molecule has 1 fully saturated rings. The third-order valence-corrected chi connectivity index (χ3v) is 7.88. The molecule has 0 spiro atoms. The van der Waals surface area contributed by atoms with Gasteiger partial charge in [0, 0.05) is 37.4 Å². The van der Waals surface area contributed by atoms with E-state index in [0.29, 0.717) is 42.6 Å². The van der Waals surface area contributed by atoms with Crippen LogP contribution < -0.4 is 16.0 Å². The Morgan fingerprint density at radius 1 is 1.02 bits per heavy atom. The highest BCUT2D eigenvalue weighted by Gasteiger charge is 2.47. The minimum absolute atomic E-state index is 0.0262. The molecule has 13 nitrogen and oxygen atoms in total. The van der Waals surface area contributed by atoms with Crippen LogP contribution in [0.3, 0.4) is 0 Å². The number of fused-ring (bicyclic) bond motifs is 1. The van der Waals surface area contributed by atoms with Gasteiger partial charge in [-0.05, 0) is 30.9 Å². The minimum Gasteiger partial charge on any atom is -0.387 e. The van der Waals surface area contributed by atoms with Gasteiger partial charge in [0.1, 0.15) is 12.2 Å². The van der Waals surface area contributed by atoms with Gasteiger partial charge in [0.15, 0.2) is 29.3 Å². The molecule has 13 heteroatoms. The van der Waals surface area contributed by atoms with Crippen molar-refractivity contribution in [3.63, 3.8) is 0 Å². The van der Waals surface area contributed by atoms with Gasteiger partial charge >= 0.3 is 0 Å². The number of H-pyrrole nitrogens is 1. The van der Waals surface area contributed by atoms with Crippen LogP contribution in [-0.2, 0) is 16.0 Å². The van der Waals surface area contributed by atoms with Crippen molar-refractivity contribution in [1.82, 2.24) is 34.8 Å². The monoisotopic (exact) mass is 611 g/mol. The van der Waals surface area contributed by atoms with Gasteiger partial charge in [-0.3, -0.25) is 9.36 Å². The Morgan fingerprint density at radius 2 is 1.76 bits per heavy atom. The predicted molar refractivity (Wildman–Crippen MR) is 169 cm³/mol. The van der Waals surface area contributed by atoms with Crippen molar-refractivity contribution in [3.05, 3.63) is 96.3 Å². The lowest BCUT2D eigenvalue weighted by Crippen LogP contribution is -2.42. The lowest BCUT2D eigenvalue weighted by atomic mass is 9.91. The number of carbonyl (C=O) groups excluding carboxylic acids is 1. The first-order valence-corrected chi connectivity index (χ1v) is 15.1. The van der Waals surface area contributed by atoms with E-state index in [9.17, 15) is 15.0 Å². The summed E-state index contributed by atoms with van der Waals surface area (Å²) in [6.45, 7) is 3.25. The van der Waals surface area contributed by atoms with Crippen LogP contribution in [-0.4, -0.2) is 83.6 Å². The Labute approximate surface area is 260 Å². The average Bonchev–Trinajstić information content (AvgIpc) is 3.81. The lowest BCUT2D eigenvalue weighted by molar-refractivity contribution is -0.137. The molecule has 4 heterocycles. The number of rotatable bonds is 13. The van der Waals surface area contributed by atoms with Gasteiger partial charge in [0.2, 0.25) is 5.95 Å². The zero-order valence-corrected chi connectivity index (χ0v) is 24.9. The van der Waals surface area contributed by atoms with E-state index in [2.05, 4.69) is 55.2 Å². The first-order chi connectivity index (χ1) is 22.0. The van der Waals surface area contributed by atoms with Gasteiger partial charge in [-0.1, -0.05) is 60.7 Å². The molecule has 45 heavy (non-hydrogen) atoms. The van der Waals surface area contributed by atoms with E-state index in [1.807, 2.05) is 36.4 Å². The number of anilines is 2. The van der Waals surface area contributed by atoms with E-state index in [4.69, 9.17) is 14.7 Å². The molecule has 5 aromatic rings. The molecule has 1 aliphatic rings. The molecular formula is C32H37N9O4. The number of imidazole rings is 2. The number of likely N-dealkylation sites (N-methyl/N-ethyl adjacent to an activating group) is 1. The molecule has 2 aromatic carbocycles. The molecule has 0 saturated carbocycles. The molecule has 4 atom stereocenters. The molecule has 1 amide bonds. The number of nitrogens with one attached hydrogen (secondary N) is 4. The minimum atomic E-state index is -1.42. The predicted octanol–water partition coefficient (Wildman–Crippen LogP) is 2.59. The number of amides is 1.